The number of aliphatic imine (C=N–C) groups is 1. The number of carbonyl (C=O) groups excluding carboxylic acids is 2. The predicted molar refractivity (Wildman–Crippen MR) is 140 cm³/mol. The number of nitrogens with zero attached hydrogens (tertiary/aromatic N) is 3. The molecule has 6 rings (SSSR count). The van der Waals surface area contributed by atoms with Crippen LogP contribution >= 0.6 is 0 Å². The molecule has 0 radical (unpaired) electrons. The lowest BCUT2D eigenvalue weighted by Gasteiger charge is -2.42. The lowest BCUT2D eigenvalue weighted by Crippen LogP contribution is -2.60. The van der Waals surface area contributed by atoms with Crippen molar-refractivity contribution in [1.29, 1.82) is 0 Å². The number of benzene rings is 2. The van der Waals surface area contributed by atoms with Gasteiger partial charge in [-0.1, -0.05) is 62.8 Å². The van der Waals surface area contributed by atoms with E-state index in [1.54, 1.807) is 17.0 Å². The first kappa shape index (κ1) is 23.1. The summed E-state index contributed by atoms with van der Waals surface area (Å²) in [5, 5.41) is 14.3. The Bertz CT molecular complexity index is 1200. The van der Waals surface area contributed by atoms with Crippen LogP contribution in [-0.4, -0.2) is 50.3 Å². The molecule has 7 nitrogen and oxygen atoms in total. The van der Waals surface area contributed by atoms with E-state index in [-0.39, 0.29) is 36.2 Å². The molecule has 2 aromatic rings. The minimum Gasteiger partial charge on any atom is -0.507 e. The number of rotatable bonds is 3. The summed E-state index contributed by atoms with van der Waals surface area (Å²) in [5.74, 6) is -0.0549. The van der Waals surface area contributed by atoms with E-state index in [0.717, 1.165) is 69.9 Å². The second kappa shape index (κ2) is 9.26. The molecule has 1 saturated heterocycles. The molecule has 2 aliphatic carbocycles. The summed E-state index contributed by atoms with van der Waals surface area (Å²) < 4.78 is 0. The van der Waals surface area contributed by atoms with Crippen molar-refractivity contribution in [2.75, 3.05) is 5.32 Å². The Hall–Kier alpha value is -3.35. The summed E-state index contributed by atoms with van der Waals surface area (Å²) in [6.07, 6.45) is 10.2. The number of nitrogens with one attached hydrogen (secondary N) is 1. The molecule has 3 amide bonds. The number of fused-ring (bicyclic) bond motifs is 1. The van der Waals surface area contributed by atoms with Crippen LogP contribution in [0.5, 0.6) is 5.75 Å². The van der Waals surface area contributed by atoms with Crippen molar-refractivity contribution in [1.82, 2.24) is 9.80 Å². The third-order valence-corrected chi connectivity index (χ3v) is 8.41. The molecule has 3 fully saturated rings. The molecule has 7 heteroatoms. The number of carbonyl (C=O) groups is 2. The van der Waals surface area contributed by atoms with Crippen LogP contribution in [0.15, 0.2) is 53.5 Å². The molecule has 0 aromatic heterocycles. The standard InChI is InChI=1S/C29H34N4O3/c34-26-18-10-7-15-22(26)25-19-29(31-24-17-9-8-16-23(24)30-25)27(35)32(20-11-3-1-4-12-20)28(36)33(29)21-13-5-2-6-14-21/h7-10,15-18,20-21,31,34H,1-6,11-14,19H2. The van der Waals surface area contributed by atoms with Crippen molar-refractivity contribution in [2.45, 2.75) is 88.4 Å². The van der Waals surface area contributed by atoms with E-state index < -0.39 is 5.66 Å². The molecular weight excluding hydrogens is 452 g/mol. The Kier molecular flexibility index (Phi) is 5.94. The third-order valence-electron chi connectivity index (χ3n) is 8.41. The molecule has 36 heavy (non-hydrogen) atoms. The van der Waals surface area contributed by atoms with Gasteiger partial charge in [-0.05, 0) is 49.9 Å². The second-order valence-electron chi connectivity index (χ2n) is 10.7. The Morgan fingerprint density at radius 2 is 1.47 bits per heavy atom. The number of para-hydroxylation sites is 3. The zero-order valence-corrected chi connectivity index (χ0v) is 20.7. The summed E-state index contributed by atoms with van der Waals surface area (Å²) >= 11 is 0. The molecule has 4 aliphatic rings. The van der Waals surface area contributed by atoms with Crippen LogP contribution in [-0.2, 0) is 4.79 Å². The molecular formula is C29H34N4O3. The Morgan fingerprint density at radius 3 is 2.19 bits per heavy atom. The van der Waals surface area contributed by atoms with Crippen molar-refractivity contribution in [3.05, 3.63) is 54.1 Å². The SMILES string of the molecule is O=C1N(C2CCCCC2)C(=O)C2(CC(c3ccccc3O)=Nc3ccccc3N2)N1C1CCCCC1. The van der Waals surface area contributed by atoms with E-state index in [2.05, 4.69) is 5.32 Å². The highest BCUT2D eigenvalue weighted by Crippen LogP contribution is 2.45. The number of aromatic hydroxyl groups is 1. The number of hydrogen-bond acceptors (Lipinski definition) is 5. The summed E-state index contributed by atoms with van der Waals surface area (Å²) in [7, 11) is 0. The first-order chi connectivity index (χ1) is 17.6. The second-order valence-corrected chi connectivity index (χ2v) is 10.7. The quantitative estimate of drug-likeness (QED) is 0.525. The van der Waals surface area contributed by atoms with Crippen molar-refractivity contribution < 1.29 is 14.7 Å². The van der Waals surface area contributed by atoms with E-state index >= 15 is 0 Å². The highest BCUT2D eigenvalue weighted by Gasteiger charge is 2.62. The van der Waals surface area contributed by atoms with E-state index in [0.29, 0.717) is 17.0 Å². The minimum atomic E-state index is -1.27. The molecule has 2 saturated carbocycles. The number of urea groups is 1. The van der Waals surface area contributed by atoms with Crippen molar-refractivity contribution in [3.8, 4) is 5.75 Å². The Morgan fingerprint density at radius 1 is 0.833 bits per heavy atom. The minimum absolute atomic E-state index is 0.00725. The third kappa shape index (κ3) is 3.76. The Balaban J connectivity index is 1.52. The average molecular weight is 487 g/mol. The van der Waals surface area contributed by atoms with Gasteiger partial charge in [0.15, 0.2) is 0 Å². The van der Waals surface area contributed by atoms with Gasteiger partial charge in [-0.15, -0.1) is 0 Å². The van der Waals surface area contributed by atoms with Gasteiger partial charge in [0, 0.05) is 24.1 Å². The average Bonchev–Trinajstić information content (AvgIpc) is 3.01. The number of phenolic OH excluding ortho intramolecular Hbond substituents is 1. The van der Waals surface area contributed by atoms with Gasteiger partial charge in [-0.25, -0.2) is 4.79 Å². The van der Waals surface area contributed by atoms with Gasteiger partial charge >= 0.3 is 6.03 Å². The molecule has 2 aliphatic heterocycles. The van der Waals surface area contributed by atoms with Gasteiger partial charge in [0.05, 0.1) is 17.1 Å². The van der Waals surface area contributed by atoms with Gasteiger partial charge in [0.2, 0.25) is 5.66 Å². The van der Waals surface area contributed by atoms with Crippen LogP contribution in [0, 0.1) is 0 Å². The monoisotopic (exact) mass is 486 g/mol. The Labute approximate surface area is 212 Å². The van der Waals surface area contributed by atoms with Gasteiger partial charge in [-0.3, -0.25) is 19.6 Å². The van der Waals surface area contributed by atoms with Gasteiger partial charge in [-0.2, -0.15) is 0 Å². The van der Waals surface area contributed by atoms with Crippen LogP contribution < -0.4 is 5.32 Å². The van der Waals surface area contributed by atoms with Crippen LogP contribution in [0.1, 0.15) is 76.2 Å². The van der Waals surface area contributed by atoms with Crippen molar-refractivity contribution in [3.63, 3.8) is 0 Å². The van der Waals surface area contributed by atoms with Crippen LogP contribution in [0.2, 0.25) is 0 Å². The molecule has 2 aromatic carbocycles. The van der Waals surface area contributed by atoms with E-state index in [1.165, 1.54) is 0 Å². The zero-order chi connectivity index (χ0) is 24.7. The number of imide groups is 1. The van der Waals surface area contributed by atoms with E-state index in [4.69, 9.17) is 4.99 Å². The molecule has 2 N–H and O–H groups in total. The lowest BCUT2D eigenvalue weighted by atomic mass is 9.89. The lowest BCUT2D eigenvalue weighted by molar-refractivity contribution is -0.134. The molecule has 188 valence electrons. The molecule has 1 unspecified atom stereocenters. The van der Waals surface area contributed by atoms with Crippen molar-refractivity contribution >= 4 is 29.0 Å². The zero-order valence-electron chi connectivity index (χ0n) is 20.7. The summed E-state index contributed by atoms with van der Waals surface area (Å²) in [4.78, 5) is 37.2. The van der Waals surface area contributed by atoms with Crippen LogP contribution in [0.25, 0.3) is 0 Å². The van der Waals surface area contributed by atoms with Gasteiger partial charge < -0.3 is 10.4 Å². The number of hydrogen-bond donors (Lipinski definition) is 2. The van der Waals surface area contributed by atoms with Gasteiger partial charge in [0.1, 0.15) is 5.75 Å². The van der Waals surface area contributed by atoms with E-state index in [1.807, 2.05) is 41.3 Å². The van der Waals surface area contributed by atoms with Crippen LogP contribution in [0.3, 0.4) is 0 Å². The predicted octanol–water partition coefficient (Wildman–Crippen LogP) is 5.95. The maximum Gasteiger partial charge on any atom is 0.329 e. The maximum atomic E-state index is 14.6. The van der Waals surface area contributed by atoms with E-state index in [9.17, 15) is 14.7 Å². The summed E-state index contributed by atoms with van der Waals surface area (Å²) in [6, 6.07) is 14.6. The van der Waals surface area contributed by atoms with Crippen molar-refractivity contribution in [2.24, 2.45) is 4.99 Å². The summed E-state index contributed by atoms with van der Waals surface area (Å²) in [6.45, 7) is 0. The number of anilines is 1. The maximum absolute atomic E-state index is 14.6. The number of phenols is 1. The molecule has 1 atom stereocenters. The van der Waals surface area contributed by atoms with Gasteiger partial charge in [0.25, 0.3) is 5.91 Å². The smallest absolute Gasteiger partial charge is 0.329 e. The highest BCUT2D eigenvalue weighted by atomic mass is 16.3. The van der Waals surface area contributed by atoms with Crippen LogP contribution in [0.4, 0.5) is 16.2 Å². The largest absolute Gasteiger partial charge is 0.507 e. The molecule has 0 bridgehead atoms. The fraction of sp³-hybridized carbons (Fsp3) is 0.483. The fourth-order valence-corrected chi connectivity index (χ4v) is 6.66. The summed E-state index contributed by atoms with van der Waals surface area (Å²) in [5.41, 5.74) is 1.36. The fourth-order valence-electron chi connectivity index (χ4n) is 6.66. The highest BCUT2D eigenvalue weighted by molar-refractivity contribution is 6.15. The molecule has 2 heterocycles. The topological polar surface area (TPSA) is 85.2 Å². The first-order valence-corrected chi connectivity index (χ1v) is 13.5. The normalized spacial score (nSPS) is 25.5. The first-order valence-electron chi connectivity index (χ1n) is 13.5. The number of amides is 3. The molecule has 1 spiro atoms.